The second-order valence-electron chi connectivity index (χ2n) is 4.17. The number of hydrogen-bond donors (Lipinski definition) is 1. The molecule has 0 aromatic carbocycles. The second kappa shape index (κ2) is 5.45. The maximum Gasteiger partial charge on any atom is 0.224 e. The Morgan fingerprint density at radius 3 is 3.11 bits per heavy atom. The van der Waals surface area contributed by atoms with Crippen molar-refractivity contribution in [3.63, 3.8) is 0 Å². The van der Waals surface area contributed by atoms with Crippen LogP contribution in [0, 0.1) is 17.2 Å². The Labute approximate surface area is 106 Å². The van der Waals surface area contributed by atoms with Crippen LogP contribution in [0.1, 0.15) is 19.0 Å². The molecule has 94 valence electrons. The lowest BCUT2D eigenvalue weighted by Gasteiger charge is -2.17. The minimum atomic E-state index is -0.0292. The summed E-state index contributed by atoms with van der Waals surface area (Å²) in [6.07, 6.45) is 3.85. The molecule has 1 atom stereocenters. The summed E-state index contributed by atoms with van der Waals surface area (Å²) in [5, 5.41) is 11.8. The molecule has 0 spiro atoms. The Hall–Kier alpha value is -2.16. The molecule has 2 heterocycles. The van der Waals surface area contributed by atoms with Gasteiger partial charge in [-0.3, -0.25) is 4.79 Å². The van der Waals surface area contributed by atoms with Gasteiger partial charge in [-0.2, -0.15) is 5.26 Å². The maximum atomic E-state index is 11.7. The molecule has 0 saturated carbocycles. The lowest BCUT2D eigenvalue weighted by molar-refractivity contribution is -0.124. The molecule has 2 rings (SSSR count). The summed E-state index contributed by atoms with van der Waals surface area (Å²) in [7, 11) is 0. The van der Waals surface area contributed by atoms with E-state index in [0.717, 1.165) is 13.0 Å². The number of rotatable bonds is 3. The molecule has 1 amide bonds. The summed E-state index contributed by atoms with van der Waals surface area (Å²) >= 11 is 0. The number of carbonyl (C=O) groups excluding carboxylic acids is 1. The second-order valence-corrected chi connectivity index (χ2v) is 4.17. The summed E-state index contributed by atoms with van der Waals surface area (Å²) in [5.74, 6) is 0.618. The lowest BCUT2D eigenvalue weighted by Crippen LogP contribution is -2.32. The quantitative estimate of drug-likeness (QED) is 0.828. The highest BCUT2D eigenvalue weighted by Gasteiger charge is 2.29. The standard InChI is InChI=1S/C12H15N5O/c1-2-14-12(18)9-3-6-17(8-9)11-10(7-13)15-4-5-16-11/h4-5,9H,2-3,6,8H2,1H3,(H,14,18)/t9-/m1/s1. The predicted octanol–water partition coefficient (Wildman–Crippen LogP) is 0.311. The van der Waals surface area contributed by atoms with Gasteiger partial charge in [-0.25, -0.2) is 9.97 Å². The van der Waals surface area contributed by atoms with E-state index in [-0.39, 0.29) is 11.8 Å². The predicted molar refractivity (Wildman–Crippen MR) is 65.8 cm³/mol. The highest BCUT2D eigenvalue weighted by molar-refractivity contribution is 5.80. The van der Waals surface area contributed by atoms with E-state index in [1.807, 2.05) is 17.9 Å². The van der Waals surface area contributed by atoms with E-state index in [0.29, 0.717) is 24.6 Å². The van der Waals surface area contributed by atoms with Crippen LogP contribution >= 0.6 is 0 Å². The van der Waals surface area contributed by atoms with Crippen molar-refractivity contribution in [2.24, 2.45) is 5.92 Å². The topological polar surface area (TPSA) is 81.9 Å². The molecule has 6 heteroatoms. The fraction of sp³-hybridized carbons (Fsp3) is 0.500. The van der Waals surface area contributed by atoms with Gasteiger partial charge in [0, 0.05) is 32.0 Å². The first-order chi connectivity index (χ1) is 8.76. The molecular formula is C12H15N5O. The van der Waals surface area contributed by atoms with Crippen LogP contribution in [-0.2, 0) is 4.79 Å². The van der Waals surface area contributed by atoms with Gasteiger partial charge in [0.25, 0.3) is 0 Å². The van der Waals surface area contributed by atoms with Gasteiger partial charge < -0.3 is 10.2 Å². The Balaban J connectivity index is 2.09. The maximum absolute atomic E-state index is 11.7. The third kappa shape index (κ3) is 2.40. The molecule has 0 radical (unpaired) electrons. The molecule has 18 heavy (non-hydrogen) atoms. The smallest absolute Gasteiger partial charge is 0.224 e. The van der Waals surface area contributed by atoms with Crippen molar-refractivity contribution in [2.45, 2.75) is 13.3 Å². The van der Waals surface area contributed by atoms with E-state index < -0.39 is 0 Å². The monoisotopic (exact) mass is 245 g/mol. The Morgan fingerprint density at radius 1 is 1.61 bits per heavy atom. The number of aromatic nitrogens is 2. The zero-order chi connectivity index (χ0) is 13.0. The van der Waals surface area contributed by atoms with Crippen molar-refractivity contribution < 1.29 is 4.79 Å². The van der Waals surface area contributed by atoms with Crippen molar-refractivity contribution in [3.05, 3.63) is 18.1 Å². The van der Waals surface area contributed by atoms with Gasteiger partial charge in [-0.15, -0.1) is 0 Å². The first kappa shape index (κ1) is 12.3. The highest BCUT2D eigenvalue weighted by atomic mass is 16.1. The minimum Gasteiger partial charge on any atom is -0.356 e. The van der Waals surface area contributed by atoms with E-state index in [1.165, 1.54) is 6.20 Å². The average molecular weight is 245 g/mol. The largest absolute Gasteiger partial charge is 0.356 e. The summed E-state index contributed by atoms with van der Waals surface area (Å²) in [4.78, 5) is 21.9. The fourth-order valence-electron chi connectivity index (χ4n) is 2.13. The number of amides is 1. The van der Waals surface area contributed by atoms with Gasteiger partial charge >= 0.3 is 0 Å². The van der Waals surface area contributed by atoms with Crippen molar-refractivity contribution >= 4 is 11.7 Å². The summed E-state index contributed by atoms with van der Waals surface area (Å²) < 4.78 is 0. The van der Waals surface area contributed by atoms with E-state index in [4.69, 9.17) is 5.26 Å². The first-order valence-electron chi connectivity index (χ1n) is 6.00. The minimum absolute atomic E-state index is 0.0292. The first-order valence-corrected chi connectivity index (χ1v) is 6.00. The molecule has 0 aliphatic carbocycles. The van der Waals surface area contributed by atoms with E-state index in [2.05, 4.69) is 15.3 Å². The van der Waals surface area contributed by atoms with E-state index in [1.54, 1.807) is 6.20 Å². The Kier molecular flexibility index (Phi) is 3.72. The van der Waals surface area contributed by atoms with E-state index >= 15 is 0 Å². The third-order valence-electron chi connectivity index (χ3n) is 2.99. The van der Waals surface area contributed by atoms with Crippen molar-refractivity contribution in [2.75, 3.05) is 24.5 Å². The average Bonchev–Trinajstić information content (AvgIpc) is 2.88. The molecular weight excluding hydrogens is 230 g/mol. The number of hydrogen-bond acceptors (Lipinski definition) is 5. The van der Waals surface area contributed by atoms with Crippen LogP contribution in [0.15, 0.2) is 12.4 Å². The number of nitrogens with one attached hydrogen (secondary N) is 1. The fourth-order valence-corrected chi connectivity index (χ4v) is 2.13. The Bertz CT molecular complexity index is 482. The Morgan fingerprint density at radius 2 is 2.39 bits per heavy atom. The van der Waals surface area contributed by atoms with Crippen LogP contribution in [-0.4, -0.2) is 35.5 Å². The molecule has 1 saturated heterocycles. The number of nitrogens with zero attached hydrogens (tertiary/aromatic N) is 4. The highest BCUT2D eigenvalue weighted by Crippen LogP contribution is 2.23. The lowest BCUT2D eigenvalue weighted by atomic mass is 10.1. The molecule has 1 aliphatic heterocycles. The molecule has 6 nitrogen and oxygen atoms in total. The van der Waals surface area contributed by atoms with Gasteiger partial charge in [0.05, 0.1) is 5.92 Å². The van der Waals surface area contributed by atoms with Crippen molar-refractivity contribution in [3.8, 4) is 6.07 Å². The molecule has 1 fully saturated rings. The van der Waals surface area contributed by atoms with E-state index in [9.17, 15) is 4.79 Å². The molecule has 0 bridgehead atoms. The van der Waals surface area contributed by atoms with Gasteiger partial charge in [0.1, 0.15) is 6.07 Å². The SMILES string of the molecule is CCNC(=O)[C@@H]1CCN(c2nccnc2C#N)C1. The zero-order valence-corrected chi connectivity index (χ0v) is 10.3. The van der Waals surface area contributed by atoms with Gasteiger partial charge in [-0.05, 0) is 13.3 Å². The molecule has 1 aromatic rings. The van der Waals surface area contributed by atoms with Crippen molar-refractivity contribution in [1.29, 1.82) is 5.26 Å². The van der Waals surface area contributed by atoms with Gasteiger partial charge in [0.2, 0.25) is 5.91 Å². The molecule has 1 aromatic heterocycles. The molecule has 1 aliphatic rings. The van der Waals surface area contributed by atoms with Crippen LogP contribution < -0.4 is 10.2 Å². The zero-order valence-electron chi connectivity index (χ0n) is 10.3. The van der Waals surface area contributed by atoms with Crippen LogP contribution in [0.5, 0.6) is 0 Å². The van der Waals surface area contributed by atoms with Crippen LogP contribution in [0.25, 0.3) is 0 Å². The summed E-state index contributed by atoms with van der Waals surface area (Å²) in [6, 6.07) is 2.03. The van der Waals surface area contributed by atoms with Crippen LogP contribution in [0.2, 0.25) is 0 Å². The number of anilines is 1. The van der Waals surface area contributed by atoms with Crippen molar-refractivity contribution in [1.82, 2.24) is 15.3 Å². The third-order valence-corrected chi connectivity index (χ3v) is 2.99. The van der Waals surface area contributed by atoms with Crippen LogP contribution in [0.4, 0.5) is 5.82 Å². The molecule has 0 unspecified atom stereocenters. The van der Waals surface area contributed by atoms with Gasteiger partial charge in [-0.1, -0.05) is 0 Å². The normalized spacial score (nSPS) is 18.4. The van der Waals surface area contributed by atoms with Gasteiger partial charge in [0.15, 0.2) is 11.5 Å². The summed E-state index contributed by atoms with van der Waals surface area (Å²) in [5.41, 5.74) is 0.314. The number of carbonyl (C=O) groups is 1. The molecule has 1 N–H and O–H groups in total. The number of nitriles is 1. The van der Waals surface area contributed by atoms with Crippen LogP contribution in [0.3, 0.4) is 0 Å². The summed E-state index contributed by atoms with van der Waals surface area (Å²) in [6.45, 7) is 3.87.